The molecule has 12 nitrogen and oxygen atoms in total. The number of unbranched alkanes of at least 4 members (excludes halogenated alkanes) is 1. The van der Waals surface area contributed by atoms with Crippen LogP contribution in [0.4, 0.5) is 5.69 Å². The molecule has 1 aliphatic heterocycles. The number of ketones is 1. The molecule has 44 heavy (non-hydrogen) atoms. The number of rotatable bonds is 11. The van der Waals surface area contributed by atoms with Gasteiger partial charge in [0, 0.05) is 42.5 Å². The third kappa shape index (κ3) is 6.76. The van der Waals surface area contributed by atoms with Crippen LogP contribution in [0.15, 0.2) is 63.8 Å². The zero-order valence-electron chi connectivity index (χ0n) is 24.8. The normalized spacial score (nSPS) is 18.1. The SMILES string of the molecule is Cc1cc(=O)oc2cc(NC(=O)[C@@]3(CCCCN)C(=O)CCC(=O)N3C(=O)[C@H](Cc3ccccc3)NC(=O)[C@H](C)N)ccc12. The highest BCUT2D eigenvalue weighted by molar-refractivity contribution is 6.23. The van der Waals surface area contributed by atoms with E-state index in [1.54, 1.807) is 49.4 Å². The summed E-state index contributed by atoms with van der Waals surface area (Å²) in [6.45, 7) is 3.46. The number of carbonyl (C=O) groups is 5. The number of nitrogens with one attached hydrogen (secondary N) is 2. The van der Waals surface area contributed by atoms with Gasteiger partial charge in [0.05, 0.1) is 6.04 Å². The fraction of sp³-hybridized carbons (Fsp3) is 0.375. The topological polar surface area (TPSA) is 195 Å². The van der Waals surface area contributed by atoms with Crippen molar-refractivity contribution in [1.82, 2.24) is 10.2 Å². The number of nitrogens with zero attached hydrogens (tertiary/aromatic N) is 1. The summed E-state index contributed by atoms with van der Waals surface area (Å²) in [6.07, 6.45) is -0.0366. The highest BCUT2D eigenvalue weighted by Crippen LogP contribution is 2.34. The Kier molecular flexibility index (Phi) is 10.1. The number of imide groups is 1. The molecule has 1 aromatic heterocycles. The molecule has 12 heteroatoms. The summed E-state index contributed by atoms with van der Waals surface area (Å²) in [4.78, 5) is 81.3. The average molecular weight is 604 g/mol. The third-order valence-corrected chi connectivity index (χ3v) is 7.77. The lowest BCUT2D eigenvalue weighted by molar-refractivity contribution is -0.168. The quantitative estimate of drug-likeness (QED) is 0.143. The molecule has 0 radical (unpaired) electrons. The van der Waals surface area contributed by atoms with Gasteiger partial charge in [-0.1, -0.05) is 30.3 Å². The number of fused-ring (bicyclic) bond motifs is 1. The summed E-state index contributed by atoms with van der Waals surface area (Å²) < 4.78 is 5.30. The minimum atomic E-state index is -2.21. The van der Waals surface area contributed by atoms with Crippen molar-refractivity contribution in [1.29, 1.82) is 0 Å². The number of piperidine rings is 1. The second-order valence-corrected chi connectivity index (χ2v) is 11.0. The summed E-state index contributed by atoms with van der Waals surface area (Å²) in [7, 11) is 0. The van der Waals surface area contributed by atoms with Crippen molar-refractivity contribution in [3.63, 3.8) is 0 Å². The van der Waals surface area contributed by atoms with Gasteiger partial charge in [0.2, 0.25) is 11.8 Å². The molecule has 0 aliphatic carbocycles. The van der Waals surface area contributed by atoms with E-state index >= 15 is 0 Å². The van der Waals surface area contributed by atoms with Gasteiger partial charge in [-0.05, 0) is 62.9 Å². The predicted octanol–water partition coefficient (Wildman–Crippen LogP) is 1.70. The van der Waals surface area contributed by atoms with Crippen molar-refractivity contribution >= 4 is 46.1 Å². The lowest BCUT2D eigenvalue weighted by Crippen LogP contribution is -2.70. The molecule has 1 aliphatic rings. The second-order valence-electron chi connectivity index (χ2n) is 11.0. The van der Waals surface area contributed by atoms with E-state index in [2.05, 4.69) is 10.6 Å². The maximum absolute atomic E-state index is 14.3. The number of nitrogens with two attached hydrogens (primary N) is 2. The standard InChI is InChI=1S/C32H37N5O7/c1-19-16-28(40)44-25-18-22(10-11-23(19)25)35-31(43)32(14-6-7-15-33)26(38)12-13-27(39)37(32)30(42)24(36-29(41)20(2)34)17-21-8-4-3-5-9-21/h3-5,8-11,16,18,20,24H,6-7,12-15,17,33-34H2,1-2H3,(H,35,43)(H,36,41)/t20-,24-,32+/m0/s1. The van der Waals surface area contributed by atoms with E-state index in [9.17, 15) is 28.8 Å². The Morgan fingerprint density at radius 3 is 2.43 bits per heavy atom. The molecule has 0 spiro atoms. The van der Waals surface area contributed by atoms with Crippen LogP contribution in [-0.4, -0.2) is 58.5 Å². The van der Waals surface area contributed by atoms with E-state index in [0.29, 0.717) is 22.9 Å². The number of aryl methyl sites for hydroxylation is 1. The van der Waals surface area contributed by atoms with Crippen LogP contribution in [-0.2, 0) is 30.4 Å². The number of carbonyl (C=O) groups excluding carboxylic acids is 5. The molecule has 1 fully saturated rings. The molecule has 0 saturated carbocycles. The summed E-state index contributed by atoms with van der Waals surface area (Å²) >= 11 is 0. The van der Waals surface area contributed by atoms with Gasteiger partial charge in [0.25, 0.3) is 11.8 Å². The molecular formula is C32H37N5O7. The number of likely N-dealkylation sites (tertiary alicyclic amines) is 1. The Labute approximate surface area is 254 Å². The summed E-state index contributed by atoms with van der Waals surface area (Å²) in [6, 6.07) is 12.6. The molecule has 6 N–H and O–H groups in total. The molecule has 4 rings (SSSR count). The monoisotopic (exact) mass is 603 g/mol. The van der Waals surface area contributed by atoms with Crippen LogP contribution >= 0.6 is 0 Å². The van der Waals surface area contributed by atoms with Gasteiger partial charge in [-0.25, -0.2) is 4.79 Å². The maximum atomic E-state index is 14.3. The number of anilines is 1. The van der Waals surface area contributed by atoms with E-state index in [4.69, 9.17) is 15.9 Å². The Balaban J connectivity index is 1.78. The minimum absolute atomic E-state index is 0.0142. The van der Waals surface area contributed by atoms with E-state index in [0.717, 1.165) is 4.90 Å². The van der Waals surface area contributed by atoms with Crippen LogP contribution in [0, 0.1) is 6.92 Å². The third-order valence-electron chi connectivity index (χ3n) is 7.77. The molecule has 2 aromatic carbocycles. The zero-order valence-corrected chi connectivity index (χ0v) is 24.8. The first kappa shape index (κ1) is 32.2. The molecule has 1 saturated heterocycles. The molecule has 3 atom stereocenters. The summed E-state index contributed by atoms with van der Waals surface area (Å²) in [5.74, 6) is -3.76. The van der Waals surface area contributed by atoms with Crippen LogP contribution in [0.5, 0.6) is 0 Å². The molecular weight excluding hydrogens is 566 g/mol. The van der Waals surface area contributed by atoms with Crippen LogP contribution in [0.1, 0.15) is 50.2 Å². The highest BCUT2D eigenvalue weighted by atomic mass is 16.4. The Bertz CT molecular complexity index is 1630. The number of amides is 4. The van der Waals surface area contributed by atoms with Crippen LogP contribution < -0.4 is 27.7 Å². The predicted molar refractivity (Wildman–Crippen MR) is 163 cm³/mol. The second kappa shape index (κ2) is 13.7. The van der Waals surface area contributed by atoms with Gasteiger partial charge in [-0.15, -0.1) is 0 Å². The number of hydrogen-bond acceptors (Lipinski definition) is 9. The molecule has 3 aromatic rings. The van der Waals surface area contributed by atoms with Crippen molar-refractivity contribution in [2.75, 3.05) is 11.9 Å². The van der Waals surface area contributed by atoms with Crippen molar-refractivity contribution in [2.45, 2.75) is 70.0 Å². The lowest BCUT2D eigenvalue weighted by Gasteiger charge is -2.44. The maximum Gasteiger partial charge on any atom is 0.336 e. The number of Topliss-reactive ketones (excluding diaryl/α,β-unsaturated/α-hetero) is 1. The van der Waals surface area contributed by atoms with E-state index in [-0.39, 0.29) is 49.9 Å². The van der Waals surface area contributed by atoms with Crippen LogP contribution in [0.3, 0.4) is 0 Å². The highest BCUT2D eigenvalue weighted by Gasteiger charge is 2.57. The Morgan fingerprint density at radius 1 is 1.02 bits per heavy atom. The zero-order chi connectivity index (χ0) is 32.0. The first-order valence-corrected chi connectivity index (χ1v) is 14.5. The number of benzene rings is 2. The summed E-state index contributed by atoms with van der Waals surface area (Å²) in [5.41, 5.74) is 10.5. The van der Waals surface area contributed by atoms with Gasteiger partial charge in [0.1, 0.15) is 11.6 Å². The smallest absolute Gasteiger partial charge is 0.336 e. The first-order valence-electron chi connectivity index (χ1n) is 14.5. The largest absolute Gasteiger partial charge is 0.423 e. The van der Waals surface area contributed by atoms with Gasteiger partial charge in [0.15, 0.2) is 11.3 Å². The van der Waals surface area contributed by atoms with Gasteiger partial charge in [-0.3, -0.25) is 28.9 Å². The van der Waals surface area contributed by atoms with E-state index in [1.807, 2.05) is 0 Å². The molecule has 2 heterocycles. The lowest BCUT2D eigenvalue weighted by atomic mass is 9.78. The fourth-order valence-corrected chi connectivity index (χ4v) is 5.45. The van der Waals surface area contributed by atoms with Crippen molar-refractivity contribution in [3.8, 4) is 0 Å². The molecule has 0 unspecified atom stereocenters. The van der Waals surface area contributed by atoms with Crippen molar-refractivity contribution in [2.24, 2.45) is 11.5 Å². The van der Waals surface area contributed by atoms with Crippen molar-refractivity contribution in [3.05, 3.63) is 76.1 Å². The molecule has 4 amide bonds. The average Bonchev–Trinajstić information content (AvgIpc) is 2.98. The first-order chi connectivity index (χ1) is 21.0. The Morgan fingerprint density at radius 2 is 1.75 bits per heavy atom. The number of hydrogen-bond donors (Lipinski definition) is 4. The van der Waals surface area contributed by atoms with E-state index in [1.165, 1.54) is 19.1 Å². The minimum Gasteiger partial charge on any atom is -0.423 e. The molecule has 232 valence electrons. The molecule has 0 bridgehead atoms. The van der Waals surface area contributed by atoms with Gasteiger partial charge < -0.3 is 26.5 Å². The fourth-order valence-electron chi connectivity index (χ4n) is 5.45. The van der Waals surface area contributed by atoms with Crippen LogP contribution in [0.25, 0.3) is 11.0 Å². The van der Waals surface area contributed by atoms with Crippen LogP contribution in [0.2, 0.25) is 0 Å². The van der Waals surface area contributed by atoms with Crippen molar-refractivity contribution < 1.29 is 28.4 Å². The Hall–Kier alpha value is -4.68. The van der Waals surface area contributed by atoms with Gasteiger partial charge in [-0.2, -0.15) is 0 Å². The summed E-state index contributed by atoms with van der Waals surface area (Å²) in [5, 5.41) is 5.94. The van der Waals surface area contributed by atoms with Gasteiger partial charge >= 0.3 is 5.63 Å². The van der Waals surface area contributed by atoms with E-state index < -0.39 is 52.7 Å².